The maximum Gasteiger partial charge on any atom is 0.336 e. The Hall–Kier alpha value is -3.54. The molecule has 1 aliphatic rings. The van der Waals surface area contributed by atoms with Crippen LogP contribution < -0.4 is 10.1 Å². The van der Waals surface area contributed by atoms with Crippen molar-refractivity contribution in [1.29, 1.82) is 0 Å². The predicted molar refractivity (Wildman–Crippen MR) is 148 cm³/mol. The molecule has 1 aliphatic heterocycles. The molecule has 11 heteroatoms. The number of benzene rings is 1. The maximum absolute atomic E-state index is 10.3. The molecule has 0 saturated carbocycles. The number of pyridine rings is 1. The van der Waals surface area contributed by atoms with Crippen molar-refractivity contribution >= 4 is 17.9 Å². The van der Waals surface area contributed by atoms with Gasteiger partial charge in [-0.2, -0.15) is 0 Å². The molecule has 40 heavy (non-hydrogen) atoms. The van der Waals surface area contributed by atoms with E-state index in [4.69, 9.17) is 25.2 Å². The number of aromatic nitrogens is 1. The molecule has 0 atom stereocenters. The Balaban J connectivity index is 0.000000366. The number of piperidine rings is 1. The van der Waals surface area contributed by atoms with E-state index < -0.39 is 36.4 Å². The van der Waals surface area contributed by atoms with Gasteiger partial charge >= 0.3 is 17.9 Å². The van der Waals surface area contributed by atoms with Crippen molar-refractivity contribution in [2.75, 3.05) is 7.11 Å². The van der Waals surface area contributed by atoms with Gasteiger partial charge in [0.15, 0.2) is 5.60 Å². The first-order valence-corrected chi connectivity index (χ1v) is 13.0. The number of carboxylic acid groups (broad SMARTS) is 3. The summed E-state index contributed by atoms with van der Waals surface area (Å²) in [5.41, 5.74) is 0.0431. The standard InChI is InChI=1S/C23H33N3O.C6H8O7/c1-22(2)13-20(14-23(3,4)25-22)26(17-19-9-7-11-24-15-19)16-18-8-6-10-21(12-18)27-5;7-3(8)1-6(13,5(11)12)2-4(9)10/h6-12,15,20,25H,13-14,16-17H2,1-5H3;13H,1-2H2,(H,7,8)(H,9,10)(H,11,12). The molecule has 2 heterocycles. The molecule has 0 aliphatic carbocycles. The Morgan fingerprint density at radius 3 is 2.00 bits per heavy atom. The van der Waals surface area contributed by atoms with E-state index in [1.54, 1.807) is 7.11 Å². The summed E-state index contributed by atoms with van der Waals surface area (Å²) in [6.07, 6.45) is 3.78. The van der Waals surface area contributed by atoms with Crippen LogP contribution in [0, 0.1) is 0 Å². The topological polar surface area (TPSA) is 170 Å². The summed E-state index contributed by atoms with van der Waals surface area (Å²) in [6.45, 7) is 11.1. The predicted octanol–water partition coefficient (Wildman–Crippen LogP) is 3.15. The van der Waals surface area contributed by atoms with Crippen LogP contribution in [0.25, 0.3) is 0 Å². The van der Waals surface area contributed by atoms with Gasteiger partial charge in [-0.1, -0.05) is 18.2 Å². The second-order valence-electron chi connectivity index (χ2n) is 11.6. The fourth-order valence-corrected chi connectivity index (χ4v) is 5.29. The zero-order valence-electron chi connectivity index (χ0n) is 23.8. The lowest BCUT2D eigenvalue weighted by Gasteiger charge is -2.49. The summed E-state index contributed by atoms with van der Waals surface area (Å²) in [4.78, 5) is 37.4. The largest absolute Gasteiger partial charge is 0.497 e. The van der Waals surface area contributed by atoms with Crippen molar-refractivity contribution in [3.8, 4) is 5.75 Å². The van der Waals surface area contributed by atoms with E-state index in [1.807, 2.05) is 24.5 Å². The number of carboxylic acids is 3. The first-order valence-electron chi connectivity index (χ1n) is 13.0. The van der Waals surface area contributed by atoms with E-state index in [1.165, 1.54) is 11.1 Å². The monoisotopic (exact) mass is 559 g/mol. The number of ether oxygens (including phenoxy) is 1. The van der Waals surface area contributed by atoms with Crippen LogP contribution in [0.3, 0.4) is 0 Å². The molecule has 1 aromatic heterocycles. The number of carbonyl (C=O) groups is 3. The summed E-state index contributed by atoms with van der Waals surface area (Å²) < 4.78 is 5.43. The van der Waals surface area contributed by atoms with Crippen LogP contribution in [-0.4, -0.2) is 78.0 Å². The minimum atomic E-state index is -2.74. The number of aliphatic carboxylic acids is 3. The molecule has 11 nitrogen and oxygen atoms in total. The van der Waals surface area contributed by atoms with Crippen LogP contribution in [0.4, 0.5) is 0 Å². The van der Waals surface area contributed by atoms with Crippen LogP contribution in [0.2, 0.25) is 0 Å². The Labute approximate surface area is 234 Å². The van der Waals surface area contributed by atoms with Crippen LogP contribution in [0.15, 0.2) is 48.8 Å². The molecule has 2 aromatic rings. The summed E-state index contributed by atoms with van der Waals surface area (Å²) in [5.74, 6) is -4.10. The molecule has 0 spiro atoms. The van der Waals surface area contributed by atoms with Gasteiger partial charge in [0.2, 0.25) is 0 Å². The minimum absolute atomic E-state index is 0.119. The lowest BCUT2D eigenvalue weighted by Crippen LogP contribution is -2.62. The third kappa shape index (κ3) is 10.6. The highest BCUT2D eigenvalue weighted by Crippen LogP contribution is 2.33. The van der Waals surface area contributed by atoms with E-state index >= 15 is 0 Å². The molecule has 220 valence electrons. The number of rotatable bonds is 11. The van der Waals surface area contributed by atoms with Crippen molar-refractivity contribution in [1.82, 2.24) is 15.2 Å². The smallest absolute Gasteiger partial charge is 0.336 e. The number of aliphatic hydroxyl groups is 1. The van der Waals surface area contributed by atoms with Crippen molar-refractivity contribution in [3.63, 3.8) is 0 Å². The molecule has 0 radical (unpaired) electrons. The van der Waals surface area contributed by atoms with E-state index in [2.05, 4.69) is 67.2 Å². The number of hydrogen-bond donors (Lipinski definition) is 5. The minimum Gasteiger partial charge on any atom is -0.497 e. The van der Waals surface area contributed by atoms with Crippen LogP contribution in [0.1, 0.15) is 64.5 Å². The molecule has 0 amide bonds. The Kier molecular flexibility index (Phi) is 11.2. The van der Waals surface area contributed by atoms with E-state index in [0.29, 0.717) is 6.04 Å². The highest BCUT2D eigenvalue weighted by molar-refractivity contribution is 5.88. The SMILES string of the molecule is COc1cccc(CN(Cc2cccnc2)C2CC(C)(C)NC(C)(C)C2)c1.O=C(O)CC(O)(CC(=O)O)C(=O)O. The molecule has 3 rings (SSSR count). The lowest BCUT2D eigenvalue weighted by molar-refractivity contribution is -0.170. The molecule has 0 bridgehead atoms. The number of methoxy groups -OCH3 is 1. The molecule has 0 unspecified atom stereocenters. The molecule has 1 aromatic carbocycles. The average molecular weight is 560 g/mol. The number of hydrogen-bond acceptors (Lipinski definition) is 8. The van der Waals surface area contributed by atoms with Crippen molar-refractivity contribution in [2.24, 2.45) is 0 Å². The van der Waals surface area contributed by atoms with Gasteiger partial charge in [-0.15, -0.1) is 0 Å². The van der Waals surface area contributed by atoms with Gasteiger partial charge in [0, 0.05) is 42.6 Å². The molecule has 1 saturated heterocycles. The Morgan fingerprint density at radius 1 is 0.975 bits per heavy atom. The van der Waals surface area contributed by atoms with E-state index in [9.17, 15) is 14.4 Å². The third-order valence-electron chi connectivity index (χ3n) is 6.60. The van der Waals surface area contributed by atoms with E-state index in [-0.39, 0.29) is 11.1 Å². The Bertz CT molecular complexity index is 1120. The lowest BCUT2D eigenvalue weighted by atomic mass is 9.79. The Morgan fingerprint density at radius 2 is 1.52 bits per heavy atom. The third-order valence-corrected chi connectivity index (χ3v) is 6.60. The fraction of sp³-hybridized carbons (Fsp3) is 0.517. The zero-order chi connectivity index (χ0) is 30.1. The zero-order valence-corrected chi connectivity index (χ0v) is 23.8. The van der Waals surface area contributed by atoms with Crippen molar-refractivity contribution in [2.45, 2.75) is 89.2 Å². The molecule has 5 N–H and O–H groups in total. The first-order chi connectivity index (χ1) is 18.5. The second-order valence-corrected chi connectivity index (χ2v) is 11.6. The average Bonchev–Trinajstić information content (AvgIpc) is 2.82. The van der Waals surface area contributed by atoms with Crippen molar-refractivity contribution in [3.05, 3.63) is 59.9 Å². The second kappa shape index (κ2) is 13.7. The quantitative estimate of drug-likeness (QED) is 0.274. The van der Waals surface area contributed by atoms with Gasteiger partial charge in [0.05, 0.1) is 20.0 Å². The fourth-order valence-electron chi connectivity index (χ4n) is 5.29. The summed E-state index contributed by atoms with van der Waals surface area (Å²) >= 11 is 0. The number of nitrogens with zero attached hydrogens (tertiary/aromatic N) is 2. The first kappa shape index (κ1) is 32.7. The van der Waals surface area contributed by atoms with E-state index in [0.717, 1.165) is 31.7 Å². The van der Waals surface area contributed by atoms with Gasteiger partial charge in [-0.3, -0.25) is 19.5 Å². The van der Waals surface area contributed by atoms with Gasteiger partial charge in [-0.05, 0) is 69.9 Å². The van der Waals surface area contributed by atoms with Gasteiger partial charge in [-0.25, -0.2) is 4.79 Å². The highest BCUT2D eigenvalue weighted by atomic mass is 16.5. The van der Waals surface area contributed by atoms with Crippen LogP contribution >= 0.6 is 0 Å². The maximum atomic E-state index is 10.3. The highest BCUT2D eigenvalue weighted by Gasteiger charge is 2.41. The molecule has 1 fully saturated rings. The number of nitrogens with one attached hydrogen (secondary N) is 1. The summed E-state index contributed by atoms with van der Waals surface area (Å²) in [7, 11) is 1.73. The van der Waals surface area contributed by atoms with Crippen molar-refractivity contribution < 1.29 is 39.5 Å². The summed E-state index contributed by atoms with van der Waals surface area (Å²) in [5, 5.41) is 37.6. The normalized spacial score (nSPS) is 16.5. The van der Waals surface area contributed by atoms with Gasteiger partial charge in [0.1, 0.15) is 5.75 Å². The molecular weight excluding hydrogens is 518 g/mol. The van der Waals surface area contributed by atoms with Crippen LogP contribution in [-0.2, 0) is 27.5 Å². The van der Waals surface area contributed by atoms with Gasteiger partial charge in [0.25, 0.3) is 0 Å². The summed E-state index contributed by atoms with van der Waals surface area (Å²) in [6, 6.07) is 13.1. The van der Waals surface area contributed by atoms with Gasteiger partial charge < -0.3 is 30.5 Å². The molecular formula is C29H41N3O8. The van der Waals surface area contributed by atoms with Crippen LogP contribution in [0.5, 0.6) is 5.75 Å².